The monoisotopic (exact) mass is 304 g/mol. The van der Waals surface area contributed by atoms with Gasteiger partial charge in [-0.15, -0.1) is 0 Å². The van der Waals surface area contributed by atoms with Crippen LogP contribution in [-0.4, -0.2) is 14.5 Å². The van der Waals surface area contributed by atoms with Crippen LogP contribution in [0.2, 0.25) is 0 Å². The maximum absolute atomic E-state index is 11.7. The van der Waals surface area contributed by atoms with Crippen LogP contribution >= 0.6 is 15.9 Å². The van der Waals surface area contributed by atoms with Gasteiger partial charge in [-0.05, 0) is 53.4 Å². The third-order valence-corrected chi connectivity index (χ3v) is 4.09. The summed E-state index contributed by atoms with van der Waals surface area (Å²) < 4.78 is 29.2. The number of nitrogens with one attached hydrogen (secondary N) is 2. The maximum Gasteiger partial charge on any atom is 0.299 e. The zero-order chi connectivity index (χ0) is 11.8. The van der Waals surface area contributed by atoms with Gasteiger partial charge >= 0.3 is 0 Å². The van der Waals surface area contributed by atoms with Crippen LogP contribution in [0, 0.1) is 6.92 Å². The minimum absolute atomic E-state index is 0.112. The van der Waals surface area contributed by atoms with Gasteiger partial charge in [0.2, 0.25) is 0 Å². The fourth-order valence-electron chi connectivity index (χ4n) is 1.31. The van der Waals surface area contributed by atoms with Crippen LogP contribution in [0.25, 0.3) is 0 Å². The van der Waals surface area contributed by atoms with Crippen LogP contribution in [0.3, 0.4) is 0 Å². The lowest BCUT2D eigenvalue weighted by Crippen LogP contribution is -2.31. The molecular weight excluding hydrogens is 292 g/mol. The average Bonchev–Trinajstić information content (AvgIpc) is 2.94. The molecule has 1 aliphatic rings. The summed E-state index contributed by atoms with van der Waals surface area (Å²) in [5.74, 6) is 0. The van der Waals surface area contributed by atoms with E-state index in [1.54, 1.807) is 6.07 Å². The summed E-state index contributed by atoms with van der Waals surface area (Å²) in [5.41, 5.74) is 1.57. The van der Waals surface area contributed by atoms with Gasteiger partial charge in [-0.1, -0.05) is 6.07 Å². The lowest BCUT2D eigenvalue weighted by atomic mass is 10.2. The normalized spacial score (nSPS) is 16.1. The third-order valence-electron chi connectivity index (χ3n) is 2.27. The summed E-state index contributed by atoms with van der Waals surface area (Å²) in [5, 5.41) is 0. The zero-order valence-electron chi connectivity index (χ0n) is 8.83. The van der Waals surface area contributed by atoms with Crippen molar-refractivity contribution in [2.24, 2.45) is 0 Å². The SMILES string of the molecule is Cc1ccc(Br)c(NS(=O)(=O)NC2CC2)c1. The number of hydrogen-bond acceptors (Lipinski definition) is 2. The molecule has 0 heterocycles. The molecule has 1 aliphatic carbocycles. The van der Waals surface area contributed by atoms with Crippen molar-refractivity contribution in [3.8, 4) is 0 Å². The van der Waals surface area contributed by atoms with Crippen molar-refractivity contribution in [2.45, 2.75) is 25.8 Å². The Morgan fingerprint density at radius 1 is 1.38 bits per heavy atom. The van der Waals surface area contributed by atoms with E-state index in [0.29, 0.717) is 5.69 Å². The number of aryl methyl sites for hydroxylation is 1. The predicted molar refractivity (Wildman–Crippen MR) is 67.6 cm³/mol. The van der Waals surface area contributed by atoms with E-state index in [1.165, 1.54) is 0 Å². The smallest absolute Gasteiger partial charge is 0.270 e. The predicted octanol–water partition coefficient (Wildman–Crippen LogP) is 2.17. The minimum Gasteiger partial charge on any atom is -0.270 e. The largest absolute Gasteiger partial charge is 0.299 e. The number of rotatable bonds is 4. The first-order valence-corrected chi connectivity index (χ1v) is 7.30. The highest BCUT2D eigenvalue weighted by Crippen LogP contribution is 2.25. The fourth-order valence-corrected chi connectivity index (χ4v) is 2.98. The van der Waals surface area contributed by atoms with E-state index in [2.05, 4.69) is 25.4 Å². The Morgan fingerprint density at radius 2 is 2.06 bits per heavy atom. The standard InChI is InChI=1S/C10H13BrN2O2S/c1-7-2-5-9(11)10(6-7)13-16(14,15)12-8-3-4-8/h2,5-6,8,12-13H,3-4H2,1H3. The van der Waals surface area contributed by atoms with E-state index in [1.807, 2.05) is 19.1 Å². The van der Waals surface area contributed by atoms with Crippen molar-refractivity contribution in [3.63, 3.8) is 0 Å². The molecule has 4 nitrogen and oxygen atoms in total. The van der Waals surface area contributed by atoms with Crippen LogP contribution in [0.15, 0.2) is 22.7 Å². The molecule has 2 rings (SSSR count). The second-order valence-corrected chi connectivity index (χ2v) is 6.28. The van der Waals surface area contributed by atoms with E-state index in [-0.39, 0.29) is 6.04 Å². The molecule has 1 fully saturated rings. The van der Waals surface area contributed by atoms with Crippen molar-refractivity contribution < 1.29 is 8.42 Å². The van der Waals surface area contributed by atoms with Crippen molar-refractivity contribution in [2.75, 3.05) is 4.72 Å². The lowest BCUT2D eigenvalue weighted by Gasteiger charge is -2.10. The van der Waals surface area contributed by atoms with E-state index in [0.717, 1.165) is 22.9 Å². The summed E-state index contributed by atoms with van der Waals surface area (Å²) in [6, 6.07) is 5.64. The highest BCUT2D eigenvalue weighted by Gasteiger charge is 2.27. The first-order chi connectivity index (χ1) is 7.46. The van der Waals surface area contributed by atoms with E-state index in [4.69, 9.17) is 0 Å². The molecule has 0 spiro atoms. The van der Waals surface area contributed by atoms with Crippen molar-refractivity contribution in [1.82, 2.24) is 4.72 Å². The Labute approximate surface area is 104 Å². The molecule has 2 N–H and O–H groups in total. The number of benzene rings is 1. The molecule has 1 saturated carbocycles. The maximum atomic E-state index is 11.7. The summed E-state index contributed by atoms with van der Waals surface area (Å²) in [7, 11) is -3.44. The van der Waals surface area contributed by atoms with Gasteiger partial charge in [0.25, 0.3) is 10.2 Å². The molecule has 6 heteroatoms. The molecule has 0 amide bonds. The van der Waals surface area contributed by atoms with Crippen LogP contribution < -0.4 is 9.44 Å². The average molecular weight is 305 g/mol. The minimum atomic E-state index is -3.44. The Hall–Kier alpha value is -0.590. The van der Waals surface area contributed by atoms with Gasteiger partial charge in [0.05, 0.1) is 5.69 Å². The van der Waals surface area contributed by atoms with Crippen LogP contribution in [0.4, 0.5) is 5.69 Å². The Bertz CT molecular complexity index is 498. The Morgan fingerprint density at radius 3 is 2.69 bits per heavy atom. The van der Waals surface area contributed by atoms with Crippen LogP contribution in [-0.2, 0) is 10.2 Å². The van der Waals surface area contributed by atoms with Crippen molar-refractivity contribution in [3.05, 3.63) is 28.2 Å². The highest BCUT2D eigenvalue weighted by molar-refractivity contribution is 9.10. The van der Waals surface area contributed by atoms with Gasteiger partial charge in [0, 0.05) is 10.5 Å². The van der Waals surface area contributed by atoms with E-state index < -0.39 is 10.2 Å². The molecule has 1 aromatic carbocycles. The molecule has 0 aromatic heterocycles. The van der Waals surface area contributed by atoms with E-state index >= 15 is 0 Å². The number of hydrogen-bond donors (Lipinski definition) is 2. The van der Waals surface area contributed by atoms with Gasteiger partial charge in [0.1, 0.15) is 0 Å². The topological polar surface area (TPSA) is 58.2 Å². The molecule has 0 unspecified atom stereocenters. The van der Waals surface area contributed by atoms with Crippen molar-refractivity contribution in [1.29, 1.82) is 0 Å². The molecule has 0 radical (unpaired) electrons. The summed E-state index contributed by atoms with van der Waals surface area (Å²) in [4.78, 5) is 0. The molecule has 0 bridgehead atoms. The van der Waals surface area contributed by atoms with Gasteiger partial charge in [-0.25, -0.2) is 0 Å². The number of anilines is 1. The van der Waals surface area contributed by atoms with Crippen LogP contribution in [0.1, 0.15) is 18.4 Å². The number of halogens is 1. The molecule has 1 aromatic rings. The molecule has 0 atom stereocenters. The first kappa shape index (κ1) is 11.9. The quantitative estimate of drug-likeness (QED) is 0.895. The van der Waals surface area contributed by atoms with Gasteiger partial charge < -0.3 is 0 Å². The molecule has 88 valence electrons. The zero-order valence-corrected chi connectivity index (χ0v) is 11.2. The van der Waals surface area contributed by atoms with Gasteiger partial charge in [-0.3, -0.25) is 4.72 Å². The molecule has 0 aliphatic heterocycles. The summed E-state index contributed by atoms with van der Waals surface area (Å²) >= 11 is 3.31. The summed E-state index contributed by atoms with van der Waals surface area (Å²) in [6.45, 7) is 1.92. The third kappa shape index (κ3) is 3.20. The molecule has 0 saturated heterocycles. The fraction of sp³-hybridized carbons (Fsp3) is 0.400. The van der Waals surface area contributed by atoms with Gasteiger partial charge in [-0.2, -0.15) is 13.1 Å². The van der Waals surface area contributed by atoms with Crippen molar-refractivity contribution >= 4 is 31.8 Å². The molecule has 16 heavy (non-hydrogen) atoms. The second kappa shape index (κ2) is 4.35. The van der Waals surface area contributed by atoms with E-state index in [9.17, 15) is 8.42 Å². The Balaban J connectivity index is 2.15. The first-order valence-electron chi connectivity index (χ1n) is 5.02. The lowest BCUT2D eigenvalue weighted by molar-refractivity contribution is 0.586. The Kier molecular flexibility index (Phi) is 3.23. The van der Waals surface area contributed by atoms with Gasteiger partial charge in [0.15, 0.2) is 0 Å². The van der Waals surface area contributed by atoms with Crippen LogP contribution in [0.5, 0.6) is 0 Å². The summed E-state index contributed by atoms with van der Waals surface area (Å²) in [6.07, 6.45) is 1.85. The highest BCUT2D eigenvalue weighted by atomic mass is 79.9. The molecular formula is C10H13BrN2O2S. The second-order valence-electron chi connectivity index (χ2n) is 3.98.